The smallest absolute Gasteiger partial charge is 0.407 e. The summed E-state index contributed by atoms with van der Waals surface area (Å²) >= 11 is 0. The fourth-order valence-electron chi connectivity index (χ4n) is 4.05. The first kappa shape index (κ1) is 23.3. The van der Waals surface area contributed by atoms with Crippen LogP contribution in [0.15, 0.2) is 48.5 Å². The largest absolute Gasteiger partial charge is 0.481 e. The number of amides is 2. The van der Waals surface area contributed by atoms with Gasteiger partial charge in [0.05, 0.1) is 0 Å². The minimum atomic E-state index is -0.804. The van der Waals surface area contributed by atoms with E-state index in [2.05, 4.69) is 34.9 Å². The number of alkyl carbamates (subject to hydrolysis) is 1. The molecular weight excluding hydrogens is 408 g/mol. The monoisotopic (exact) mass is 438 g/mol. The van der Waals surface area contributed by atoms with Gasteiger partial charge in [-0.1, -0.05) is 55.0 Å². The fraction of sp³-hybridized carbons (Fsp3) is 0.400. The van der Waals surface area contributed by atoms with Crippen molar-refractivity contribution in [2.45, 2.75) is 51.0 Å². The Bertz CT molecular complexity index is 913. The van der Waals surface area contributed by atoms with E-state index in [0.717, 1.165) is 24.0 Å². The number of benzene rings is 2. The standard InChI is InChI=1S/C25H30N2O5/c1-17(15-23(28)26-14-8-2-3-13-24(29)30)27-25(31)32-16-22-20-11-6-4-9-18(20)19-10-5-7-12-21(19)22/h4-7,9-12,17,22H,2-3,8,13-16H2,1H3,(H,26,28)(H,27,31)(H,29,30). The summed E-state index contributed by atoms with van der Waals surface area (Å²) in [6.07, 6.45) is 1.84. The van der Waals surface area contributed by atoms with Gasteiger partial charge in [0.25, 0.3) is 0 Å². The van der Waals surface area contributed by atoms with Crippen LogP contribution in [0.4, 0.5) is 4.79 Å². The van der Waals surface area contributed by atoms with E-state index in [1.165, 1.54) is 11.1 Å². The van der Waals surface area contributed by atoms with E-state index in [1.54, 1.807) is 6.92 Å². The maximum absolute atomic E-state index is 12.3. The molecule has 2 aromatic carbocycles. The van der Waals surface area contributed by atoms with Crippen molar-refractivity contribution in [2.24, 2.45) is 0 Å². The number of hydrogen-bond donors (Lipinski definition) is 3. The van der Waals surface area contributed by atoms with Gasteiger partial charge in [0.1, 0.15) is 6.61 Å². The van der Waals surface area contributed by atoms with Crippen LogP contribution in [-0.2, 0) is 14.3 Å². The number of carbonyl (C=O) groups is 3. The second-order valence-electron chi connectivity index (χ2n) is 8.13. The molecule has 1 aliphatic rings. The van der Waals surface area contributed by atoms with Gasteiger partial charge in [-0.2, -0.15) is 0 Å². The number of carboxylic acid groups (broad SMARTS) is 1. The van der Waals surface area contributed by atoms with E-state index >= 15 is 0 Å². The lowest BCUT2D eigenvalue weighted by Gasteiger charge is -2.17. The summed E-state index contributed by atoms with van der Waals surface area (Å²) in [5.41, 5.74) is 4.64. The summed E-state index contributed by atoms with van der Waals surface area (Å²) in [7, 11) is 0. The van der Waals surface area contributed by atoms with Gasteiger partial charge in [-0.25, -0.2) is 4.79 Å². The van der Waals surface area contributed by atoms with Gasteiger partial charge < -0.3 is 20.5 Å². The van der Waals surface area contributed by atoms with E-state index in [4.69, 9.17) is 9.84 Å². The Labute approximate surface area is 188 Å². The molecule has 3 rings (SSSR count). The van der Waals surface area contributed by atoms with Crippen molar-refractivity contribution < 1.29 is 24.2 Å². The van der Waals surface area contributed by atoms with Gasteiger partial charge in [-0.05, 0) is 42.0 Å². The summed E-state index contributed by atoms with van der Waals surface area (Å²) in [5.74, 6) is -0.968. The van der Waals surface area contributed by atoms with Crippen LogP contribution in [0, 0.1) is 0 Å². The molecule has 0 heterocycles. The number of nitrogens with one attached hydrogen (secondary N) is 2. The van der Waals surface area contributed by atoms with E-state index in [0.29, 0.717) is 13.0 Å². The Kier molecular flexibility index (Phi) is 8.25. The third-order valence-corrected chi connectivity index (χ3v) is 5.59. The molecule has 0 bridgehead atoms. The lowest BCUT2D eigenvalue weighted by molar-refractivity contribution is -0.137. The summed E-state index contributed by atoms with van der Waals surface area (Å²) < 4.78 is 5.51. The average molecular weight is 439 g/mol. The third-order valence-electron chi connectivity index (χ3n) is 5.59. The molecule has 170 valence electrons. The second-order valence-corrected chi connectivity index (χ2v) is 8.13. The van der Waals surface area contributed by atoms with Gasteiger partial charge in [-0.3, -0.25) is 9.59 Å². The van der Waals surface area contributed by atoms with E-state index in [9.17, 15) is 14.4 Å². The Morgan fingerprint density at radius 3 is 2.22 bits per heavy atom. The van der Waals surface area contributed by atoms with Crippen LogP contribution < -0.4 is 10.6 Å². The number of ether oxygens (including phenoxy) is 1. The number of rotatable bonds is 11. The average Bonchev–Trinajstić information content (AvgIpc) is 3.08. The normalized spacial score (nSPS) is 13.0. The van der Waals surface area contributed by atoms with Crippen LogP contribution in [0.2, 0.25) is 0 Å². The van der Waals surface area contributed by atoms with Crippen molar-refractivity contribution in [3.8, 4) is 11.1 Å². The molecule has 7 nitrogen and oxygen atoms in total. The molecule has 0 spiro atoms. The quantitative estimate of drug-likeness (QED) is 0.459. The molecule has 0 saturated heterocycles. The molecule has 3 N–H and O–H groups in total. The molecule has 0 aromatic heterocycles. The highest BCUT2D eigenvalue weighted by atomic mass is 16.5. The van der Waals surface area contributed by atoms with E-state index in [-0.39, 0.29) is 37.3 Å². The van der Waals surface area contributed by atoms with Crippen molar-refractivity contribution in [2.75, 3.05) is 13.2 Å². The maximum Gasteiger partial charge on any atom is 0.407 e. The van der Waals surface area contributed by atoms with Crippen LogP contribution in [0.1, 0.15) is 56.1 Å². The SMILES string of the molecule is CC(CC(=O)NCCCCCC(=O)O)NC(=O)OCC1c2ccccc2-c2ccccc21. The molecule has 0 fully saturated rings. The minimum Gasteiger partial charge on any atom is -0.481 e. The van der Waals surface area contributed by atoms with Crippen molar-refractivity contribution in [3.63, 3.8) is 0 Å². The number of hydrogen-bond acceptors (Lipinski definition) is 4. The van der Waals surface area contributed by atoms with Gasteiger partial charge in [0.15, 0.2) is 0 Å². The number of unbranched alkanes of at least 4 members (excludes halogenated alkanes) is 2. The maximum atomic E-state index is 12.3. The summed E-state index contributed by atoms with van der Waals surface area (Å²) in [6, 6.07) is 15.9. The summed E-state index contributed by atoms with van der Waals surface area (Å²) in [6.45, 7) is 2.49. The lowest BCUT2D eigenvalue weighted by Crippen LogP contribution is -2.38. The van der Waals surface area contributed by atoms with Crippen molar-refractivity contribution in [1.82, 2.24) is 10.6 Å². The predicted octanol–water partition coefficient (Wildman–Crippen LogP) is 4.06. The zero-order valence-corrected chi connectivity index (χ0v) is 18.3. The molecule has 1 atom stereocenters. The first-order chi connectivity index (χ1) is 15.5. The highest BCUT2D eigenvalue weighted by Crippen LogP contribution is 2.44. The first-order valence-electron chi connectivity index (χ1n) is 11.1. The lowest BCUT2D eigenvalue weighted by atomic mass is 9.98. The van der Waals surface area contributed by atoms with E-state index < -0.39 is 12.1 Å². The molecule has 0 radical (unpaired) electrons. The van der Waals surface area contributed by atoms with Crippen molar-refractivity contribution >= 4 is 18.0 Å². The molecule has 0 saturated carbocycles. The van der Waals surface area contributed by atoms with Gasteiger partial charge in [0, 0.05) is 31.3 Å². The number of aliphatic carboxylic acids is 1. The molecule has 7 heteroatoms. The minimum absolute atomic E-state index is 0.00659. The van der Waals surface area contributed by atoms with Crippen LogP contribution in [-0.4, -0.2) is 42.3 Å². The zero-order chi connectivity index (χ0) is 22.9. The highest BCUT2D eigenvalue weighted by Gasteiger charge is 2.29. The Balaban J connectivity index is 1.40. The molecule has 32 heavy (non-hydrogen) atoms. The van der Waals surface area contributed by atoms with Gasteiger partial charge in [-0.15, -0.1) is 0 Å². The van der Waals surface area contributed by atoms with Crippen molar-refractivity contribution in [3.05, 3.63) is 59.7 Å². The zero-order valence-electron chi connectivity index (χ0n) is 18.3. The summed E-state index contributed by atoms with van der Waals surface area (Å²) in [5, 5.41) is 14.1. The predicted molar refractivity (Wildman–Crippen MR) is 121 cm³/mol. The summed E-state index contributed by atoms with van der Waals surface area (Å²) in [4.78, 5) is 34.8. The molecular formula is C25H30N2O5. The number of carboxylic acids is 1. The second kappa shape index (κ2) is 11.3. The Morgan fingerprint density at radius 1 is 0.969 bits per heavy atom. The van der Waals surface area contributed by atoms with Crippen molar-refractivity contribution in [1.29, 1.82) is 0 Å². The first-order valence-corrected chi connectivity index (χ1v) is 11.1. The molecule has 0 aliphatic heterocycles. The topological polar surface area (TPSA) is 105 Å². The fourth-order valence-corrected chi connectivity index (χ4v) is 4.05. The van der Waals surface area contributed by atoms with Gasteiger partial charge >= 0.3 is 12.1 Å². The van der Waals surface area contributed by atoms with Crippen LogP contribution in [0.3, 0.4) is 0 Å². The third kappa shape index (κ3) is 6.33. The Hall–Kier alpha value is -3.35. The van der Waals surface area contributed by atoms with E-state index in [1.807, 2.05) is 24.3 Å². The molecule has 1 aliphatic carbocycles. The van der Waals surface area contributed by atoms with Crippen LogP contribution in [0.5, 0.6) is 0 Å². The molecule has 1 unspecified atom stereocenters. The molecule has 2 aromatic rings. The van der Waals surface area contributed by atoms with Crippen LogP contribution >= 0.6 is 0 Å². The number of carbonyl (C=O) groups excluding carboxylic acids is 2. The van der Waals surface area contributed by atoms with Crippen LogP contribution in [0.25, 0.3) is 11.1 Å². The molecule has 2 amide bonds. The van der Waals surface area contributed by atoms with Gasteiger partial charge in [0.2, 0.25) is 5.91 Å². The Morgan fingerprint density at radius 2 is 1.59 bits per heavy atom. The highest BCUT2D eigenvalue weighted by molar-refractivity contribution is 5.79. The number of fused-ring (bicyclic) bond motifs is 3.